The number of aliphatic hydroxyl groups excluding tert-OH is 1. The van der Waals surface area contributed by atoms with Crippen molar-refractivity contribution in [2.45, 2.75) is 137 Å². The molecule has 1 saturated heterocycles. The molecule has 1 heterocycles. The van der Waals surface area contributed by atoms with Crippen LogP contribution in [0.3, 0.4) is 0 Å². The lowest BCUT2D eigenvalue weighted by atomic mass is 9.43. The van der Waals surface area contributed by atoms with E-state index in [1.54, 1.807) is 0 Å². The highest BCUT2D eigenvalue weighted by Gasteiger charge is 2.68. The van der Waals surface area contributed by atoms with Crippen LogP contribution in [0.1, 0.15) is 113 Å². The van der Waals surface area contributed by atoms with Crippen molar-refractivity contribution in [2.75, 3.05) is 0 Å². The van der Waals surface area contributed by atoms with E-state index in [0.717, 1.165) is 48.9 Å². The first kappa shape index (κ1) is 24.6. The summed E-state index contributed by atoms with van der Waals surface area (Å²) in [6.07, 6.45) is 12.9. The molecular weight excluding hydrogens is 408 g/mol. The maximum absolute atomic E-state index is 10.6. The predicted octanol–water partition coefficient (Wildman–Crippen LogP) is 7.21. The second-order valence-corrected chi connectivity index (χ2v) is 14.4. The summed E-state index contributed by atoms with van der Waals surface area (Å²) < 4.78 is 13.5. The van der Waals surface area contributed by atoms with Gasteiger partial charge in [-0.15, -0.1) is 0 Å². The lowest BCUT2D eigenvalue weighted by molar-refractivity contribution is -0.190. The van der Waals surface area contributed by atoms with Crippen LogP contribution in [0.25, 0.3) is 0 Å². The Bertz CT molecular complexity index is 717. The van der Waals surface area contributed by atoms with Gasteiger partial charge in [0.25, 0.3) is 0 Å². The van der Waals surface area contributed by atoms with Crippen molar-refractivity contribution < 1.29 is 14.6 Å². The third-order valence-electron chi connectivity index (χ3n) is 11.7. The highest BCUT2D eigenvalue weighted by Crippen LogP contribution is 2.70. The molecule has 0 aromatic rings. The molecule has 4 saturated carbocycles. The van der Waals surface area contributed by atoms with Gasteiger partial charge in [0.05, 0.1) is 18.3 Å². The Morgan fingerprint density at radius 2 is 1.45 bits per heavy atom. The van der Waals surface area contributed by atoms with Gasteiger partial charge >= 0.3 is 0 Å². The molecule has 3 nitrogen and oxygen atoms in total. The molecule has 0 spiro atoms. The Labute approximate surface area is 203 Å². The fraction of sp³-hybridized carbons (Fsp3) is 1.00. The van der Waals surface area contributed by atoms with E-state index in [0.29, 0.717) is 17.3 Å². The first-order valence-corrected chi connectivity index (χ1v) is 14.5. The van der Waals surface area contributed by atoms with Crippen LogP contribution in [-0.4, -0.2) is 29.2 Å². The Morgan fingerprint density at radius 3 is 2.18 bits per heavy atom. The minimum absolute atomic E-state index is 0.158. The van der Waals surface area contributed by atoms with Crippen LogP contribution < -0.4 is 0 Å². The van der Waals surface area contributed by atoms with Crippen molar-refractivity contribution in [2.24, 2.45) is 52.3 Å². The minimum atomic E-state index is -0.497. The van der Waals surface area contributed by atoms with E-state index in [-0.39, 0.29) is 23.7 Å². The van der Waals surface area contributed by atoms with E-state index >= 15 is 0 Å². The van der Waals surface area contributed by atoms with Crippen molar-refractivity contribution in [3.8, 4) is 0 Å². The third kappa shape index (κ3) is 3.95. The van der Waals surface area contributed by atoms with Crippen molar-refractivity contribution >= 4 is 0 Å². The van der Waals surface area contributed by atoms with Gasteiger partial charge < -0.3 is 14.6 Å². The maximum atomic E-state index is 10.6. The van der Waals surface area contributed by atoms with E-state index < -0.39 is 5.79 Å². The van der Waals surface area contributed by atoms with Crippen LogP contribution >= 0.6 is 0 Å². The SMILES string of the molecule is CC(C)CCC[C@@H](C)[C@H]1CC[C@H]2[C@@H]3[C@H]4OC(C)(C)O[C@@H]4[C@H]4C[C@@H](O)CC[C@]4(C)[C@H]3CC[C@]12C. The van der Waals surface area contributed by atoms with E-state index in [4.69, 9.17) is 9.47 Å². The standard InChI is InChI=1S/C30H52O3/c1-18(2)9-8-10-19(3)21-11-12-22-25-23(14-16-29(21,22)6)30(7)15-13-20(31)17-24(30)26-27(25)33-28(4,5)32-26/h18-27,31H,8-17H2,1-7H3/t19-,20+,21-,22+,23+,24-,25+,26-,27-,29-,30-/m1/s1. The number of rotatable bonds is 5. The monoisotopic (exact) mass is 460 g/mol. The molecule has 1 N–H and O–H groups in total. The molecular formula is C30H52O3. The molecule has 5 rings (SSSR count). The zero-order chi connectivity index (χ0) is 23.8. The van der Waals surface area contributed by atoms with Crippen molar-refractivity contribution in [3.05, 3.63) is 0 Å². The van der Waals surface area contributed by atoms with Gasteiger partial charge in [0.2, 0.25) is 0 Å². The largest absolute Gasteiger partial charge is 0.393 e. The van der Waals surface area contributed by atoms with E-state index in [1.165, 1.54) is 44.9 Å². The van der Waals surface area contributed by atoms with Crippen LogP contribution in [0, 0.1) is 52.3 Å². The van der Waals surface area contributed by atoms with Crippen molar-refractivity contribution in [1.29, 1.82) is 0 Å². The van der Waals surface area contributed by atoms with E-state index in [9.17, 15) is 5.11 Å². The van der Waals surface area contributed by atoms with Crippen LogP contribution in [-0.2, 0) is 9.47 Å². The molecule has 0 aromatic heterocycles. The Hall–Kier alpha value is -0.120. The van der Waals surface area contributed by atoms with Crippen LogP contribution in [0.4, 0.5) is 0 Å². The Balaban J connectivity index is 1.43. The molecule has 0 aromatic carbocycles. The average Bonchev–Trinajstić information content (AvgIpc) is 3.24. The van der Waals surface area contributed by atoms with Gasteiger partial charge in [-0.05, 0) is 111 Å². The number of ether oxygens (including phenoxy) is 2. The maximum Gasteiger partial charge on any atom is 0.163 e. The topological polar surface area (TPSA) is 38.7 Å². The zero-order valence-electron chi connectivity index (χ0n) is 22.6. The molecule has 190 valence electrons. The molecule has 1 aliphatic heterocycles. The second kappa shape index (κ2) is 8.48. The van der Waals surface area contributed by atoms with E-state index in [2.05, 4.69) is 48.5 Å². The molecule has 33 heavy (non-hydrogen) atoms. The molecule has 4 aliphatic carbocycles. The lowest BCUT2D eigenvalue weighted by Gasteiger charge is -2.63. The first-order valence-electron chi connectivity index (χ1n) is 14.5. The van der Waals surface area contributed by atoms with Crippen molar-refractivity contribution in [1.82, 2.24) is 0 Å². The molecule has 11 atom stereocenters. The fourth-order valence-corrected chi connectivity index (χ4v) is 10.2. The van der Waals surface area contributed by atoms with Gasteiger partial charge in [-0.1, -0.05) is 53.9 Å². The minimum Gasteiger partial charge on any atom is -0.393 e. The molecule has 5 fully saturated rings. The summed E-state index contributed by atoms with van der Waals surface area (Å²) in [5.74, 6) is 4.58. The summed E-state index contributed by atoms with van der Waals surface area (Å²) in [6.45, 7) is 16.8. The molecule has 5 aliphatic rings. The number of fused-ring (bicyclic) bond motifs is 8. The summed E-state index contributed by atoms with van der Waals surface area (Å²) in [5, 5.41) is 10.6. The first-order chi connectivity index (χ1) is 15.5. The summed E-state index contributed by atoms with van der Waals surface area (Å²) in [5.41, 5.74) is 0.744. The Morgan fingerprint density at radius 1 is 0.788 bits per heavy atom. The quantitative estimate of drug-likeness (QED) is 0.471. The van der Waals surface area contributed by atoms with Gasteiger partial charge in [0.1, 0.15) is 0 Å². The van der Waals surface area contributed by atoms with Gasteiger partial charge in [-0.3, -0.25) is 0 Å². The molecule has 0 radical (unpaired) electrons. The van der Waals surface area contributed by atoms with Gasteiger partial charge in [-0.25, -0.2) is 0 Å². The van der Waals surface area contributed by atoms with E-state index in [1.807, 2.05) is 0 Å². The number of hydrogen-bond acceptors (Lipinski definition) is 3. The number of aliphatic hydroxyl groups is 1. The smallest absolute Gasteiger partial charge is 0.163 e. The summed E-state index contributed by atoms with van der Waals surface area (Å²) in [4.78, 5) is 0. The molecule has 0 amide bonds. The molecule has 0 unspecified atom stereocenters. The van der Waals surface area contributed by atoms with Crippen LogP contribution in [0.15, 0.2) is 0 Å². The predicted molar refractivity (Wildman–Crippen MR) is 134 cm³/mol. The summed E-state index contributed by atoms with van der Waals surface area (Å²) in [6, 6.07) is 0. The highest BCUT2D eigenvalue weighted by atomic mass is 16.8. The molecule has 0 bridgehead atoms. The van der Waals surface area contributed by atoms with Gasteiger partial charge in [-0.2, -0.15) is 0 Å². The third-order valence-corrected chi connectivity index (χ3v) is 11.7. The number of hydrogen-bond donors (Lipinski definition) is 1. The van der Waals surface area contributed by atoms with Gasteiger partial charge in [0.15, 0.2) is 5.79 Å². The van der Waals surface area contributed by atoms with Crippen LogP contribution in [0.5, 0.6) is 0 Å². The summed E-state index contributed by atoms with van der Waals surface area (Å²) >= 11 is 0. The zero-order valence-corrected chi connectivity index (χ0v) is 22.6. The average molecular weight is 461 g/mol. The fourth-order valence-electron chi connectivity index (χ4n) is 10.2. The Kier molecular flexibility index (Phi) is 6.31. The van der Waals surface area contributed by atoms with Crippen LogP contribution in [0.2, 0.25) is 0 Å². The molecule has 3 heteroatoms. The summed E-state index contributed by atoms with van der Waals surface area (Å²) in [7, 11) is 0. The normalized spacial score (nSPS) is 51.5. The second-order valence-electron chi connectivity index (χ2n) is 14.4. The highest BCUT2D eigenvalue weighted by molar-refractivity contribution is 5.16. The lowest BCUT2D eigenvalue weighted by Crippen LogP contribution is -2.63. The van der Waals surface area contributed by atoms with Gasteiger partial charge in [0, 0.05) is 0 Å². The van der Waals surface area contributed by atoms with Crippen molar-refractivity contribution in [3.63, 3.8) is 0 Å².